The molecule has 0 aromatic heterocycles. The fraction of sp³-hybridized carbons (Fsp3) is 0.579. The van der Waals surface area contributed by atoms with Crippen molar-refractivity contribution in [2.75, 3.05) is 45.2 Å². The molecular weight excluding hydrogens is 318 g/mol. The molecule has 136 valence electrons. The van der Waals surface area contributed by atoms with E-state index < -0.39 is 0 Å². The maximum absolute atomic E-state index is 12.5. The highest BCUT2D eigenvalue weighted by atomic mass is 16.5. The molecule has 2 saturated heterocycles. The molecule has 0 bridgehead atoms. The number of likely N-dealkylation sites (tertiary alicyclic amines) is 1. The molecule has 1 aromatic carbocycles. The molecule has 3 rings (SSSR count). The minimum atomic E-state index is -0.0312. The van der Waals surface area contributed by atoms with Gasteiger partial charge in [0.1, 0.15) is 0 Å². The van der Waals surface area contributed by atoms with Gasteiger partial charge in [0.15, 0.2) is 0 Å². The smallest absolute Gasteiger partial charge is 0.227 e. The maximum atomic E-state index is 12.5. The maximum Gasteiger partial charge on any atom is 0.227 e. The lowest BCUT2D eigenvalue weighted by molar-refractivity contribution is -0.132. The highest BCUT2D eigenvalue weighted by Gasteiger charge is 2.26. The minimum absolute atomic E-state index is 0.0312. The minimum Gasteiger partial charge on any atom is -0.371 e. The summed E-state index contributed by atoms with van der Waals surface area (Å²) in [6.45, 7) is 5.45. The molecule has 2 amide bonds. The normalized spacial score (nSPS) is 22.6. The van der Waals surface area contributed by atoms with E-state index in [0.29, 0.717) is 13.1 Å². The van der Waals surface area contributed by atoms with Gasteiger partial charge in [-0.3, -0.25) is 9.59 Å². The summed E-state index contributed by atoms with van der Waals surface area (Å²) in [5, 5.41) is 3.03. The van der Waals surface area contributed by atoms with Crippen LogP contribution in [0.3, 0.4) is 0 Å². The molecule has 1 aromatic rings. The fourth-order valence-electron chi connectivity index (χ4n) is 3.50. The number of morpholine rings is 1. The molecular formula is C19H27N3O3. The molecule has 6 heteroatoms. The second-order valence-electron chi connectivity index (χ2n) is 7.02. The predicted molar refractivity (Wildman–Crippen MR) is 96.2 cm³/mol. The number of benzene rings is 1. The molecule has 1 atom stereocenters. The highest BCUT2D eigenvalue weighted by Crippen LogP contribution is 2.25. The molecule has 1 unspecified atom stereocenters. The van der Waals surface area contributed by atoms with Gasteiger partial charge in [-0.05, 0) is 37.6 Å². The lowest BCUT2D eigenvalue weighted by atomic mass is 9.95. The van der Waals surface area contributed by atoms with Crippen LogP contribution in [0.1, 0.15) is 31.4 Å². The predicted octanol–water partition coefficient (Wildman–Crippen LogP) is 1.89. The Balaban J connectivity index is 1.58. The topological polar surface area (TPSA) is 61.9 Å². The van der Waals surface area contributed by atoms with Crippen molar-refractivity contribution < 1.29 is 14.3 Å². The third kappa shape index (κ3) is 4.58. The van der Waals surface area contributed by atoms with Crippen LogP contribution in [0.15, 0.2) is 24.3 Å². The highest BCUT2D eigenvalue weighted by molar-refractivity contribution is 5.92. The summed E-state index contributed by atoms with van der Waals surface area (Å²) in [5.41, 5.74) is 1.91. The summed E-state index contributed by atoms with van der Waals surface area (Å²) < 4.78 is 5.85. The monoisotopic (exact) mass is 345 g/mol. The average molecular weight is 345 g/mol. The molecule has 2 aliphatic rings. The van der Waals surface area contributed by atoms with E-state index in [-0.39, 0.29) is 23.8 Å². The van der Waals surface area contributed by atoms with Gasteiger partial charge >= 0.3 is 0 Å². The summed E-state index contributed by atoms with van der Waals surface area (Å²) in [6.07, 6.45) is 1.50. The first-order valence-electron chi connectivity index (χ1n) is 8.99. The van der Waals surface area contributed by atoms with E-state index in [9.17, 15) is 9.59 Å². The van der Waals surface area contributed by atoms with Crippen molar-refractivity contribution in [3.63, 3.8) is 0 Å². The van der Waals surface area contributed by atoms with Crippen LogP contribution in [-0.2, 0) is 14.3 Å². The molecule has 2 heterocycles. The Morgan fingerprint density at radius 3 is 2.64 bits per heavy atom. The molecule has 2 fully saturated rings. The van der Waals surface area contributed by atoms with Crippen LogP contribution >= 0.6 is 0 Å². The molecule has 2 aliphatic heterocycles. The summed E-state index contributed by atoms with van der Waals surface area (Å²) >= 11 is 0. The first-order valence-corrected chi connectivity index (χ1v) is 8.99. The van der Waals surface area contributed by atoms with Crippen molar-refractivity contribution in [2.24, 2.45) is 5.92 Å². The largest absolute Gasteiger partial charge is 0.371 e. The molecule has 25 heavy (non-hydrogen) atoms. The van der Waals surface area contributed by atoms with E-state index in [1.54, 1.807) is 11.8 Å². The second-order valence-corrected chi connectivity index (χ2v) is 7.02. The zero-order valence-electron chi connectivity index (χ0n) is 15.0. The zero-order valence-corrected chi connectivity index (χ0v) is 15.0. The Hall–Kier alpha value is -1.92. The van der Waals surface area contributed by atoms with Crippen LogP contribution < -0.4 is 5.32 Å². The van der Waals surface area contributed by atoms with Crippen molar-refractivity contribution in [1.82, 2.24) is 9.80 Å². The molecule has 0 radical (unpaired) electrons. The fourth-order valence-corrected chi connectivity index (χ4v) is 3.50. The van der Waals surface area contributed by atoms with Gasteiger partial charge in [-0.2, -0.15) is 0 Å². The van der Waals surface area contributed by atoms with E-state index in [0.717, 1.165) is 43.8 Å². The van der Waals surface area contributed by atoms with Gasteiger partial charge in [-0.25, -0.2) is 0 Å². The van der Waals surface area contributed by atoms with Gasteiger partial charge in [0.05, 0.1) is 12.7 Å². The van der Waals surface area contributed by atoms with Crippen LogP contribution in [0.5, 0.6) is 0 Å². The summed E-state index contributed by atoms with van der Waals surface area (Å²) in [4.78, 5) is 28.0. The van der Waals surface area contributed by atoms with Crippen molar-refractivity contribution in [1.29, 1.82) is 0 Å². The Labute approximate surface area is 149 Å². The van der Waals surface area contributed by atoms with Crippen molar-refractivity contribution in [3.8, 4) is 0 Å². The number of hydrogen-bond donors (Lipinski definition) is 1. The van der Waals surface area contributed by atoms with Crippen LogP contribution in [0.25, 0.3) is 0 Å². The van der Waals surface area contributed by atoms with Crippen LogP contribution in [0, 0.1) is 5.92 Å². The third-order valence-corrected chi connectivity index (χ3v) is 5.11. The summed E-state index contributed by atoms with van der Waals surface area (Å²) in [6, 6.07) is 7.93. The number of likely N-dealkylation sites (N-methyl/N-ethyl adjacent to an activating group) is 1. The van der Waals surface area contributed by atoms with E-state index in [2.05, 4.69) is 17.3 Å². The quantitative estimate of drug-likeness (QED) is 0.909. The van der Waals surface area contributed by atoms with Gasteiger partial charge in [-0.1, -0.05) is 12.1 Å². The van der Waals surface area contributed by atoms with E-state index in [1.807, 2.05) is 24.3 Å². The number of anilines is 1. The summed E-state index contributed by atoms with van der Waals surface area (Å²) in [5.74, 6) is 0.0994. The standard InChI is InChI=1S/C19H27N3O3/c1-14(23)22-8-6-15(7-9-22)19(24)20-17-5-3-4-16(12-17)18-13-21(2)10-11-25-18/h3-5,12,15,18H,6-11,13H2,1-2H3,(H,20,24). The lowest BCUT2D eigenvalue weighted by Crippen LogP contribution is -2.40. The first-order chi connectivity index (χ1) is 12.0. The van der Waals surface area contributed by atoms with Crippen molar-refractivity contribution >= 4 is 17.5 Å². The number of rotatable bonds is 3. The molecule has 0 spiro atoms. The Morgan fingerprint density at radius 1 is 1.20 bits per heavy atom. The Bertz CT molecular complexity index is 626. The van der Waals surface area contributed by atoms with Gasteiger partial charge < -0.3 is 19.9 Å². The van der Waals surface area contributed by atoms with Crippen molar-refractivity contribution in [2.45, 2.75) is 25.9 Å². The SMILES string of the molecule is CC(=O)N1CCC(C(=O)Nc2cccc(C3CN(C)CCO3)c2)CC1. The van der Waals surface area contributed by atoms with Crippen LogP contribution in [0.4, 0.5) is 5.69 Å². The van der Waals surface area contributed by atoms with Gasteiger partial charge in [0, 0.05) is 44.7 Å². The zero-order chi connectivity index (χ0) is 17.8. The Morgan fingerprint density at radius 2 is 1.96 bits per heavy atom. The molecule has 1 N–H and O–H groups in total. The number of hydrogen-bond acceptors (Lipinski definition) is 4. The number of ether oxygens (including phenoxy) is 1. The van der Waals surface area contributed by atoms with Gasteiger partial charge in [0.25, 0.3) is 0 Å². The molecule has 0 saturated carbocycles. The average Bonchev–Trinajstić information content (AvgIpc) is 2.62. The Kier molecular flexibility index (Phi) is 5.71. The number of amides is 2. The number of carbonyl (C=O) groups excluding carboxylic acids is 2. The number of nitrogens with one attached hydrogen (secondary N) is 1. The lowest BCUT2D eigenvalue weighted by Gasteiger charge is -2.31. The number of piperidine rings is 1. The van der Waals surface area contributed by atoms with E-state index in [4.69, 9.17) is 4.74 Å². The molecule has 0 aliphatic carbocycles. The van der Waals surface area contributed by atoms with E-state index >= 15 is 0 Å². The van der Waals surface area contributed by atoms with Crippen molar-refractivity contribution in [3.05, 3.63) is 29.8 Å². The van der Waals surface area contributed by atoms with Crippen LogP contribution in [0.2, 0.25) is 0 Å². The molecule has 6 nitrogen and oxygen atoms in total. The van der Waals surface area contributed by atoms with Crippen LogP contribution in [-0.4, -0.2) is 61.4 Å². The second kappa shape index (κ2) is 7.97. The van der Waals surface area contributed by atoms with Gasteiger partial charge in [-0.15, -0.1) is 0 Å². The number of carbonyl (C=O) groups is 2. The number of nitrogens with zero attached hydrogens (tertiary/aromatic N) is 2. The first kappa shape index (κ1) is 17.9. The van der Waals surface area contributed by atoms with E-state index in [1.165, 1.54) is 0 Å². The van der Waals surface area contributed by atoms with Gasteiger partial charge in [0.2, 0.25) is 11.8 Å². The summed E-state index contributed by atoms with van der Waals surface area (Å²) in [7, 11) is 2.09. The third-order valence-electron chi connectivity index (χ3n) is 5.11.